The van der Waals surface area contributed by atoms with E-state index in [1.807, 2.05) is 4.90 Å². The van der Waals surface area contributed by atoms with Gasteiger partial charge in [0, 0.05) is 19.7 Å². The topological polar surface area (TPSA) is 58.6 Å². The van der Waals surface area contributed by atoms with Gasteiger partial charge >= 0.3 is 0 Å². The number of anilines is 2. The number of ether oxygens (including phenoxy) is 1. The lowest BCUT2D eigenvalue weighted by Crippen LogP contribution is -2.26. The first-order valence-corrected chi connectivity index (χ1v) is 6.19. The Hall–Kier alpha value is -1.95. The molecular formula is C13H13FN2O3. The number of nitrogens with one attached hydrogen (secondary N) is 1. The molecule has 2 aliphatic rings. The molecule has 0 unspecified atom stereocenters. The number of carbonyl (C=O) groups excluding carboxylic acids is 2. The number of ketones is 1. The highest BCUT2D eigenvalue weighted by Gasteiger charge is 2.30. The first kappa shape index (κ1) is 12.1. The third-order valence-corrected chi connectivity index (χ3v) is 3.35. The number of amides is 1. The van der Waals surface area contributed by atoms with Crippen molar-refractivity contribution in [2.24, 2.45) is 0 Å². The van der Waals surface area contributed by atoms with Gasteiger partial charge in [-0.2, -0.15) is 0 Å². The van der Waals surface area contributed by atoms with Gasteiger partial charge in [0.1, 0.15) is 5.82 Å². The maximum absolute atomic E-state index is 14.1. The van der Waals surface area contributed by atoms with Crippen LogP contribution in [0.4, 0.5) is 15.8 Å². The molecule has 1 saturated heterocycles. The van der Waals surface area contributed by atoms with Crippen LogP contribution in [0.15, 0.2) is 12.1 Å². The molecule has 0 aliphatic carbocycles. The van der Waals surface area contributed by atoms with Crippen molar-refractivity contribution in [2.75, 3.05) is 36.5 Å². The molecule has 0 spiro atoms. The highest BCUT2D eigenvalue weighted by atomic mass is 19.1. The molecule has 0 aromatic heterocycles. The summed E-state index contributed by atoms with van der Waals surface area (Å²) in [5.74, 6) is -1.86. The molecule has 1 aromatic carbocycles. The maximum Gasteiger partial charge on any atom is 0.296 e. The van der Waals surface area contributed by atoms with Gasteiger partial charge in [-0.15, -0.1) is 0 Å². The lowest BCUT2D eigenvalue weighted by molar-refractivity contribution is -0.112. The van der Waals surface area contributed by atoms with E-state index in [-0.39, 0.29) is 5.56 Å². The van der Waals surface area contributed by atoms with Crippen LogP contribution in [0.5, 0.6) is 0 Å². The fraction of sp³-hybridized carbons (Fsp3) is 0.385. The summed E-state index contributed by atoms with van der Waals surface area (Å²) in [6.07, 6.45) is 0.821. The first-order chi connectivity index (χ1) is 9.16. The molecule has 1 fully saturated rings. The Morgan fingerprint density at radius 2 is 2.05 bits per heavy atom. The van der Waals surface area contributed by atoms with E-state index in [0.29, 0.717) is 37.7 Å². The third kappa shape index (κ3) is 2.08. The number of rotatable bonds is 1. The molecule has 19 heavy (non-hydrogen) atoms. The number of fused-ring (bicyclic) bond motifs is 1. The minimum absolute atomic E-state index is 0.109. The third-order valence-electron chi connectivity index (χ3n) is 3.35. The lowest BCUT2D eigenvalue weighted by Gasteiger charge is -2.23. The van der Waals surface area contributed by atoms with Crippen LogP contribution < -0.4 is 10.2 Å². The van der Waals surface area contributed by atoms with Gasteiger partial charge in [0.2, 0.25) is 0 Å². The van der Waals surface area contributed by atoms with Crippen molar-refractivity contribution in [3.8, 4) is 0 Å². The van der Waals surface area contributed by atoms with Crippen LogP contribution in [-0.2, 0) is 9.53 Å². The van der Waals surface area contributed by atoms with Crippen molar-refractivity contribution in [1.82, 2.24) is 0 Å². The van der Waals surface area contributed by atoms with E-state index in [1.165, 1.54) is 6.07 Å². The monoisotopic (exact) mass is 264 g/mol. The molecule has 1 aromatic rings. The van der Waals surface area contributed by atoms with Gasteiger partial charge in [-0.1, -0.05) is 0 Å². The highest BCUT2D eigenvalue weighted by Crippen LogP contribution is 2.31. The second kappa shape index (κ2) is 4.62. The highest BCUT2D eigenvalue weighted by molar-refractivity contribution is 6.51. The van der Waals surface area contributed by atoms with Crippen LogP contribution in [-0.4, -0.2) is 38.0 Å². The Kier molecular flexibility index (Phi) is 2.94. The molecule has 2 heterocycles. The van der Waals surface area contributed by atoms with Crippen LogP contribution in [0, 0.1) is 5.82 Å². The largest absolute Gasteiger partial charge is 0.380 e. The standard InChI is InChI=1S/C13H13FN2O3/c14-9-6-8-10(15-13(18)12(8)17)7-11(9)16-2-1-4-19-5-3-16/h6-7H,1-5H2,(H,15,17,18). The molecule has 100 valence electrons. The number of hydrogen-bond donors (Lipinski definition) is 1. The molecule has 0 saturated carbocycles. The SMILES string of the molecule is O=C1Nc2cc(N3CCCOCC3)c(F)cc2C1=O. The summed E-state index contributed by atoms with van der Waals surface area (Å²) in [4.78, 5) is 24.6. The van der Waals surface area contributed by atoms with Crippen LogP contribution >= 0.6 is 0 Å². The second-order valence-electron chi connectivity index (χ2n) is 4.59. The van der Waals surface area contributed by atoms with E-state index >= 15 is 0 Å². The molecule has 6 heteroatoms. The van der Waals surface area contributed by atoms with E-state index < -0.39 is 17.5 Å². The zero-order valence-corrected chi connectivity index (χ0v) is 10.2. The van der Waals surface area contributed by atoms with Gasteiger partial charge in [0.25, 0.3) is 11.7 Å². The fourth-order valence-electron chi connectivity index (χ4n) is 2.38. The number of hydrogen-bond acceptors (Lipinski definition) is 4. The van der Waals surface area contributed by atoms with E-state index in [1.54, 1.807) is 0 Å². The van der Waals surface area contributed by atoms with Gasteiger partial charge in [0.15, 0.2) is 0 Å². The van der Waals surface area contributed by atoms with Crippen molar-refractivity contribution in [3.05, 3.63) is 23.5 Å². The molecule has 2 aliphatic heterocycles. The average molecular weight is 264 g/mol. The Bertz CT molecular complexity index is 551. The summed E-state index contributed by atoms with van der Waals surface area (Å²) in [6, 6.07) is 2.66. The van der Waals surface area contributed by atoms with Gasteiger partial charge in [0.05, 0.1) is 23.5 Å². The van der Waals surface area contributed by atoms with E-state index in [0.717, 1.165) is 12.5 Å². The predicted octanol–water partition coefficient (Wildman–Crippen LogP) is 1.19. The molecule has 0 radical (unpaired) electrons. The summed E-state index contributed by atoms with van der Waals surface area (Å²) in [7, 11) is 0. The van der Waals surface area contributed by atoms with Crippen molar-refractivity contribution < 1.29 is 18.7 Å². The van der Waals surface area contributed by atoms with Crippen LogP contribution in [0.3, 0.4) is 0 Å². The zero-order chi connectivity index (χ0) is 13.4. The average Bonchev–Trinajstić information content (AvgIpc) is 2.63. The first-order valence-electron chi connectivity index (χ1n) is 6.19. The Morgan fingerprint density at radius 1 is 1.21 bits per heavy atom. The van der Waals surface area contributed by atoms with Gasteiger partial charge in [-0.05, 0) is 18.6 Å². The summed E-state index contributed by atoms with van der Waals surface area (Å²) >= 11 is 0. The minimum atomic E-state index is -0.703. The van der Waals surface area contributed by atoms with Gasteiger partial charge < -0.3 is 15.0 Å². The zero-order valence-electron chi connectivity index (χ0n) is 10.2. The molecule has 0 atom stereocenters. The van der Waals surface area contributed by atoms with Crippen molar-refractivity contribution in [1.29, 1.82) is 0 Å². The summed E-state index contributed by atoms with van der Waals surface area (Å²) < 4.78 is 19.4. The van der Waals surface area contributed by atoms with Crippen LogP contribution in [0.2, 0.25) is 0 Å². The molecule has 1 amide bonds. The van der Waals surface area contributed by atoms with E-state index in [2.05, 4.69) is 5.32 Å². The molecule has 1 N–H and O–H groups in total. The maximum atomic E-state index is 14.1. The molecular weight excluding hydrogens is 251 g/mol. The molecule has 0 bridgehead atoms. The van der Waals surface area contributed by atoms with Gasteiger partial charge in [-0.3, -0.25) is 9.59 Å². The Balaban J connectivity index is 1.97. The minimum Gasteiger partial charge on any atom is -0.380 e. The summed E-state index contributed by atoms with van der Waals surface area (Å²) in [6.45, 7) is 2.50. The number of nitrogens with zero attached hydrogens (tertiary/aromatic N) is 1. The Morgan fingerprint density at radius 3 is 2.89 bits per heavy atom. The number of halogens is 1. The van der Waals surface area contributed by atoms with Crippen molar-refractivity contribution in [2.45, 2.75) is 6.42 Å². The number of carbonyl (C=O) groups is 2. The van der Waals surface area contributed by atoms with Crippen molar-refractivity contribution >= 4 is 23.1 Å². The summed E-state index contributed by atoms with van der Waals surface area (Å²) in [5, 5.41) is 2.46. The van der Waals surface area contributed by atoms with E-state index in [9.17, 15) is 14.0 Å². The van der Waals surface area contributed by atoms with Crippen LogP contribution in [0.1, 0.15) is 16.8 Å². The molecule has 5 nitrogen and oxygen atoms in total. The number of benzene rings is 1. The molecule has 3 rings (SSSR count). The Labute approximate surface area is 109 Å². The fourth-order valence-corrected chi connectivity index (χ4v) is 2.38. The summed E-state index contributed by atoms with van der Waals surface area (Å²) in [5.41, 5.74) is 0.896. The van der Waals surface area contributed by atoms with E-state index in [4.69, 9.17) is 4.74 Å². The number of Topliss-reactive ketones (excluding diaryl/α,β-unsaturated/α-hetero) is 1. The van der Waals surface area contributed by atoms with Crippen molar-refractivity contribution in [3.63, 3.8) is 0 Å². The lowest BCUT2D eigenvalue weighted by atomic mass is 10.1. The predicted molar refractivity (Wildman–Crippen MR) is 67.0 cm³/mol. The smallest absolute Gasteiger partial charge is 0.296 e. The quantitative estimate of drug-likeness (QED) is 0.774. The second-order valence-corrected chi connectivity index (χ2v) is 4.59. The van der Waals surface area contributed by atoms with Crippen LogP contribution in [0.25, 0.3) is 0 Å². The normalized spacial score (nSPS) is 19.1. The van der Waals surface area contributed by atoms with Gasteiger partial charge in [-0.25, -0.2) is 4.39 Å².